The Kier molecular flexibility index (Phi) is 7.90. The summed E-state index contributed by atoms with van der Waals surface area (Å²) in [6, 6.07) is 3.15. The van der Waals surface area contributed by atoms with E-state index in [0.29, 0.717) is 25.1 Å². The summed E-state index contributed by atoms with van der Waals surface area (Å²) in [5.41, 5.74) is 0.579. The van der Waals surface area contributed by atoms with Crippen molar-refractivity contribution >= 4 is 5.91 Å². The summed E-state index contributed by atoms with van der Waals surface area (Å²) >= 11 is 0. The van der Waals surface area contributed by atoms with Crippen LogP contribution in [0.2, 0.25) is 0 Å². The number of hydrogen-bond donors (Lipinski definition) is 2. The van der Waals surface area contributed by atoms with Crippen molar-refractivity contribution in [3.05, 3.63) is 35.4 Å². The highest BCUT2D eigenvalue weighted by molar-refractivity contribution is 5.81. The molecule has 1 unspecified atom stereocenters. The Morgan fingerprint density at radius 2 is 1.81 bits per heavy atom. The first kappa shape index (κ1) is 17.6. The molecule has 0 aliphatic carbocycles. The lowest BCUT2D eigenvalue weighted by Crippen LogP contribution is -2.43. The summed E-state index contributed by atoms with van der Waals surface area (Å²) in [5, 5.41) is 5.92. The first-order valence-electron chi connectivity index (χ1n) is 7.49. The second kappa shape index (κ2) is 9.45. The van der Waals surface area contributed by atoms with E-state index in [9.17, 15) is 13.6 Å². The molecule has 2 N–H and O–H groups in total. The SMILES string of the molecule is CCCCCNC(=O)C(C)NCCc1cc(F)cc(F)c1. The van der Waals surface area contributed by atoms with Crippen molar-refractivity contribution in [1.82, 2.24) is 10.6 Å². The summed E-state index contributed by atoms with van der Waals surface area (Å²) < 4.78 is 26.0. The molecule has 0 radical (unpaired) electrons. The van der Waals surface area contributed by atoms with Crippen LogP contribution >= 0.6 is 0 Å². The molecule has 1 aromatic carbocycles. The van der Waals surface area contributed by atoms with E-state index in [1.165, 1.54) is 12.1 Å². The average Bonchev–Trinajstić information content (AvgIpc) is 2.42. The number of rotatable bonds is 9. The Morgan fingerprint density at radius 3 is 2.43 bits per heavy atom. The van der Waals surface area contributed by atoms with E-state index in [2.05, 4.69) is 17.6 Å². The number of carbonyl (C=O) groups excluding carboxylic acids is 1. The zero-order valence-electron chi connectivity index (χ0n) is 12.7. The standard InChI is InChI=1S/C16H24F2N2O/c1-3-4-5-7-20-16(21)12(2)19-8-6-13-9-14(17)11-15(18)10-13/h9-12,19H,3-8H2,1-2H3,(H,20,21). The topological polar surface area (TPSA) is 41.1 Å². The number of carbonyl (C=O) groups is 1. The highest BCUT2D eigenvalue weighted by atomic mass is 19.1. The van der Waals surface area contributed by atoms with Crippen molar-refractivity contribution in [2.24, 2.45) is 0 Å². The van der Waals surface area contributed by atoms with E-state index in [1.54, 1.807) is 6.92 Å². The lowest BCUT2D eigenvalue weighted by Gasteiger charge is -2.14. The van der Waals surface area contributed by atoms with Gasteiger partial charge in [-0.15, -0.1) is 0 Å². The molecule has 0 saturated heterocycles. The van der Waals surface area contributed by atoms with Crippen LogP contribution in [0, 0.1) is 11.6 Å². The summed E-state index contributed by atoms with van der Waals surface area (Å²) in [5.74, 6) is -1.20. The molecule has 21 heavy (non-hydrogen) atoms. The lowest BCUT2D eigenvalue weighted by molar-refractivity contribution is -0.122. The molecule has 0 saturated carbocycles. The molecule has 1 amide bonds. The zero-order valence-corrected chi connectivity index (χ0v) is 12.7. The first-order chi connectivity index (χ1) is 10.0. The maximum atomic E-state index is 13.0. The van der Waals surface area contributed by atoms with Gasteiger partial charge in [0.15, 0.2) is 0 Å². The molecule has 0 aliphatic rings. The van der Waals surface area contributed by atoms with Gasteiger partial charge in [0, 0.05) is 12.6 Å². The van der Waals surface area contributed by atoms with E-state index in [-0.39, 0.29) is 11.9 Å². The van der Waals surface area contributed by atoms with Crippen LogP contribution in [0.25, 0.3) is 0 Å². The van der Waals surface area contributed by atoms with Gasteiger partial charge in [0.25, 0.3) is 0 Å². The minimum absolute atomic E-state index is 0.0449. The Morgan fingerprint density at radius 1 is 1.14 bits per heavy atom. The summed E-state index contributed by atoms with van der Waals surface area (Å²) in [6.07, 6.45) is 3.68. The normalized spacial score (nSPS) is 12.2. The minimum atomic E-state index is -0.577. The fourth-order valence-electron chi connectivity index (χ4n) is 2.02. The van der Waals surface area contributed by atoms with Crippen LogP contribution < -0.4 is 10.6 Å². The zero-order chi connectivity index (χ0) is 15.7. The van der Waals surface area contributed by atoms with Crippen molar-refractivity contribution in [3.63, 3.8) is 0 Å². The van der Waals surface area contributed by atoms with Gasteiger partial charge < -0.3 is 10.6 Å². The van der Waals surface area contributed by atoms with Gasteiger partial charge in [-0.2, -0.15) is 0 Å². The number of nitrogens with one attached hydrogen (secondary N) is 2. The Labute approximate surface area is 125 Å². The molecule has 0 heterocycles. The molecule has 3 nitrogen and oxygen atoms in total. The minimum Gasteiger partial charge on any atom is -0.355 e. The highest BCUT2D eigenvalue weighted by Gasteiger charge is 2.11. The molecule has 0 bridgehead atoms. The van der Waals surface area contributed by atoms with Crippen LogP contribution in [-0.2, 0) is 11.2 Å². The van der Waals surface area contributed by atoms with Gasteiger partial charge in [0.2, 0.25) is 5.91 Å². The fourth-order valence-corrected chi connectivity index (χ4v) is 2.02. The predicted molar refractivity (Wildman–Crippen MR) is 80.1 cm³/mol. The summed E-state index contributed by atoms with van der Waals surface area (Å²) in [7, 11) is 0. The second-order valence-corrected chi connectivity index (χ2v) is 5.20. The van der Waals surface area contributed by atoms with Crippen molar-refractivity contribution in [3.8, 4) is 0 Å². The van der Waals surface area contributed by atoms with Crippen LogP contribution in [0.5, 0.6) is 0 Å². The number of unbranched alkanes of at least 4 members (excludes halogenated alkanes) is 2. The Balaban J connectivity index is 2.26. The van der Waals surface area contributed by atoms with Gasteiger partial charge >= 0.3 is 0 Å². The molecule has 1 aromatic rings. The molecule has 0 spiro atoms. The largest absolute Gasteiger partial charge is 0.355 e. The molecular formula is C16H24F2N2O. The number of benzene rings is 1. The van der Waals surface area contributed by atoms with Gasteiger partial charge in [-0.05, 0) is 44.0 Å². The third kappa shape index (κ3) is 7.18. The maximum Gasteiger partial charge on any atom is 0.236 e. The monoisotopic (exact) mass is 298 g/mol. The van der Waals surface area contributed by atoms with E-state index in [0.717, 1.165) is 25.3 Å². The predicted octanol–water partition coefficient (Wildman–Crippen LogP) is 2.79. The molecule has 118 valence electrons. The molecule has 1 rings (SSSR count). The molecular weight excluding hydrogens is 274 g/mol. The first-order valence-corrected chi connectivity index (χ1v) is 7.49. The van der Waals surface area contributed by atoms with Crippen LogP contribution in [-0.4, -0.2) is 25.0 Å². The molecule has 0 aliphatic heterocycles. The number of amides is 1. The Bertz CT molecular complexity index is 432. The molecule has 0 aromatic heterocycles. The quantitative estimate of drug-likeness (QED) is 0.688. The summed E-state index contributed by atoms with van der Waals surface area (Å²) in [6.45, 7) is 5.07. The average molecular weight is 298 g/mol. The van der Waals surface area contributed by atoms with Gasteiger partial charge in [-0.1, -0.05) is 19.8 Å². The van der Waals surface area contributed by atoms with E-state index >= 15 is 0 Å². The van der Waals surface area contributed by atoms with Crippen LogP contribution in [0.15, 0.2) is 18.2 Å². The van der Waals surface area contributed by atoms with Gasteiger partial charge in [0.05, 0.1) is 6.04 Å². The highest BCUT2D eigenvalue weighted by Crippen LogP contribution is 2.08. The number of halogens is 2. The molecule has 0 fully saturated rings. The van der Waals surface area contributed by atoms with Gasteiger partial charge in [0.1, 0.15) is 11.6 Å². The van der Waals surface area contributed by atoms with Crippen LogP contribution in [0.4, 0.5) is 8.78 Å². The van der Waals surface area contributed by atoms with Crippen molar-refractivity contribution in [1.29, 1.82) is 0 Å². The summed E-state index contributed by atoms with van der Waals surface area (Å²) in [4.78, 5) is 11.8. The van der Waals surface area contributed by atoms with E-state index in [1.807, 2.05) is 0 Å². The number of hydrogen-bond acceptors (Lipinski definition) is 2. The van der Waals surface area contributed by atoms with Gasteiger partial charge in [-0.3, -0.25) is 4.79 Å². The van der Waals surface area contributed by atoms with Crippen molar-refractivity contribution in [2.45, 2.75) is 45.6 Å². The third-order valence-corrected chi connectivity index (χ3v) is 3.26. The van der Waals surface area contributed by atoms with Crippen LogP contribution in [0.1, 0.15) is 38.7 Å². The third-order valence-electron chi connectivity index (χ3n) is 3.26. The van der Waals surface area contributed by atoms with Crippen molar-refractivity contribution < 1.29 is 13.6 Å². The van der Waals surface area contributed by atoms with Crippen LogP contribution in [0.3, 0.4) is 0 Å². The van der Waals surface area contributed by atoms with E-state index < -0.39 is 11.6 Å². The molecule has 1 atom stereocenters. The smallest absolute Gasteiger partial charge is 0.236 e. The Hall–Kier alpha value is -1.49. The maximum absolute atomic E-state index is 13.0. The fraction of sp³-hybridized carbons (Fsp3) is 0.562. The van der Waals surface area contributed by atoms with E-state index in [4.69, 9.17) is 0 Å². The second-order valence-electron chi connectivity index (χ2n) is 5.20. The van der Waals surface area contributed by atoms with Gasteiger partial charge in [-0.25, -0.2) is 8.78 Å². The lowest BCUT2D eigenvalue weighted by atomic mass is 10.1. The van der Waals surface area contributed by atoms with Crippen molar-refractivity contribution in [2.75, 3.05) is 13.1 Å². The molecule has 5 heteroatoms.